The highest BCUT2D eigenvalue weighted by Gasteiger charge is 2.41. The molecule has 0 saturated carbocycles. The SMILES string of the molecule is CC[C@H](C)[C@@H](NC(c1ccccc1)(c1ccccc1)c1ccccc1)C(=O)n1ccnc1. The van der Waals surface area contributed by atoms with Gasteiger partial charge in [-0.1, -0.05) is 111 Å². The van der Waals surface area contributed by atoms with E-state index >= 15 is 0 Å². The first-order chi connectivity index (χ1) is 15.7. The summed E-state index contributed by atoms with van der Waals surface area (Å²) in [4.78, 5) is 17.7. The summed E-state index contributed by atoms with van der Waals surface area (Å²) in [7, 11) is 0. The number of benzene rings is 3. The van der Waals surface area contributed by atoms with Gasteiger partial charge < -0.3 is 0 Å². The van der Waals surface area contributed by atoms with Crippen molar-refractivity contribution >= 4 is 5.91 Å². The highest BCUT2D eigenvalue weighted by atomic mass is 16.2. The molecule has 0 aliphatic carbocycles. The first kappa shape index (κ1) is 21.7. The average Bonchev–Trinajstić information content (AvgIpc) is 3.41. The quantitative estimate of drug-likeness (QED) is 0.380. The number of nitrogens with one attached hydrogen (secondary N) is 1. The molecule has 1 heterocycles. The predicted octanol–water partition coefficient (Wildman–Crippen LogP) is 5.52. The van der Waals surface area contributed by atoms with Crippen LogP contribution in [0.3, 0.4) is 0 Å². The molecule has 0 aliphatic rings. The number of carbonyl (C=O) groups is 1. The lowest BCUT2D eigenvalue weighted by atomic mass is 9.75. The number of hydrogen-bond donors (Lipinski definition) is 1. The molecule has 0 aliphatic heterocycles. The molecule has 0 amide bonds. The minimum Gasteiger partial charge on any atom is -0.288 e. The van der Waals surface area contributed by atoms with Gasteiger partial charge in [-0.3, -0.25) is 14.7 Å². The molecule has 4 heteroatoms. The summed E-state index contributed by atoms with van der Waals surface area (Å²) in [6, 6.07) is 30.7. The molecule has 4 nitrogen and oxygen atoms in total. The van der Waals surface area contributed by atoms with E-state index in [0.717, 1.165) is 23.1 Å². The molecule has 32 heavy (non-hydrogen) atoms. The number of carbonyl (C=O) groups excluding carboxylic acids is 1. The third kappa shape index (κ3) is 4.14. The van der Waals surface area contributed by atoms with Crippen molar-refractivity contribution in [2.24, 2.45) is 5.92 Å². The van der Waals surface area contributed by atoms with E-state index in [1.54, 1.807) is 23.3 Å². The largest absolute Gasteiger partial charge is 0.288 e. The Kier molecular flexibility index (Phi) is 6.62. The summed E-state index contributed by atoms with van der Waals surface area (Å²) in [6.45, 7) is 4.24. The fourth-order valence-electron chi connectivity index (χ4n) is 4.28. The van der Waals surface area contributed by atoms with Crippen molar-refractivity contribution in [3.63, 3.8) is 0 Å². The fraction of sp³-hybridized carbons (Fsp3) is 0.214. The van der Waals surface area contributed by atoms with Crippen molar-refractivity contribution in [2.45, 2.75) is 31.8 Å². The standard InChI is InChI=1S/C28H29N3O/c1-3-22(2)26(27(32)31-20-19-29-21-31)30-28(23-13-7-4-8-14-23,24-15-9-5-10-16-24)25-17-11-6-12-18-25/h4-22,26,30H,3H2,1-2H3/t22-,26+/m0/s1. The van der Waals surface area contributed by atoms with Crippen LogP contribution in [0.4, 0.5) is 0 Å². The van der Waals surface area contributed by atoms with Gasteiger partial charge in [0.1, 0.15) is 6.33 Å². The molecule has 0 radical (unpaired) electrons. The molecule has 0 saturated heterocycles. The second-order valence-electron chi connectivity index (χ2n) is 8.16. The van der Waals surface area contributed by atoms with Crippen molar-refractivity contribution in [1.29, 1.82) is 0 Å². The van der Waals surface area contributed by atoms with Crippen LogP contribution < -0.4 is 5.32 Å². The molecule has 4 aromatic rings. The molecule has 162 valence electrons. The third-order valence-electron chi connectivity index (χ3n) is 6.23. The lowest BCUT2D eigenvalue weighted by Crippen LogP contribution is -2.55. The van der Waals surface area contributed by atoms with E-state index < -0.39 is 11.6 Å². The van der Waals surface area contributed by atoms with Gasteiger partial charge in [0.05, 0.1) is 11.6 Å². The highest BCUT2D eigenvalue weighted by molar-refractivity contribution is 5.84. The minimum absolute atomic E-state index is 0.0102. The maximum Gasteiger partial charge on any atom is 0.249 e. The lowest BCUT2D eigenvalue weighted by molar-refractivity contribution is 0.0805. The molecule has 0 fully saturated rings. The van der Waals surface area contributed by atoms with Crippen LogP contribution in [0.1, 0.15) is 41.8 Å². The number of hydrogen-bond acceptors (Lipinski definition) is 3. The molecule has 2 atom stereocenters. The van der Waals surface area contributed by atoms with Gasteiger partial charge in [0, 0.05) is 12.4 Å². The maximum absolute atomic E-state index is 13.6. The number of imidazole rings is 1. The normalized spacial score (nSPS) is 13.4. The Morgan fingerprint density at radius 3 is 1.72 bits per heavy atom. The van der Waals surface area contributed by atoms with E-state index in [1.807, 2.05) is 54.6 Å². The molecule has 4 rings (SSSR count). The van der Waals surface area contributed by atoms with Gasteiger partial charge in [-0.25, -0.2) is 4.98 Å². The van der Waals surface area contributed by atoms with E-state index in [1.165, 1.54) is 0 Å². The van der Waals surface area contributed by atoms with Gasteiger partial charge in [-0.05, 0) is 22.6 Å². The summed E-state index contributed by atoms with van der Waals surface area (Å²) in [6.07, 6.45) is 5.81. The van der Waals surface area contributed by atoms with Crippen LogP contribution in [0, 0.1) is 5.92 Å². The van der Waals surface area contributed by atoms with Crippen molar-refractivity contribution in [3.8, 4) is 0 Å². The van der Waals surface area contributed by atoms with Crippen molar-refractivity contribution < 1.29 is 4.79 Å². The Bertz CT molecular complexity index is 1010. The Hall–Kier alpha value is -3.50. The molecule has 3 aromatic carbocycles. The Labute approximate surface area is 190 Å². The smallest absolute Gasteiger partial charge is 0.249 e. The monoisotopic (exact) mass is 423 g/mol. The molecule has 0 bridgehead atoms. The second-order valence-corrected chi connectivity index (χ2v) is 8.16. The van der Waals surface area contributed by atoms with Crippen LogP contribution in [-0.4, -0.2) is 21.5 Å². The Morgan fingerprint density at radius 1 is 0.875 bits per heavy atom. The van der Waals surface area contributed by atoms with E-state index in [0.29, 0.717) is 0 Å². The van der Waals surface area contributed by atoms with E-state index in [-0.39, 0.29) is 11.8 Å². The average molecular weight is 424 g/mol. The number of aromatic nitrogens is 2. The maximum atomic E-state index is 13.6. The summed E-state index contributed by atoms with van der Waals surface area (Å²) in [5, 5.41) is 3.86. The topological polar surface area (TPSA) is 46.9 Å². The van der Waals surface area contributed by atoms with E-state index in [4.69, 9.17) is 0 Å². The molecule has 0 spiro atoms. The van der Waals surface area contributed by atoms with Crippen LogP contribution in [-0.2, 0) is 5.54 Å². The van der Waals surface area contributed by atoms with Gasteiger partial charge in [-0.2, -0.15) is 0 Å². The zero-order valence-corrected chi connectivity index (χ0v) is 18.6. The van der Waals surface area contributed by atoms with Crippen LogP contribution in [0.2, 0.25) is 0 Å². The van der Waals surface area contributed by atoms with Crippen molar-refractivity contribution in [1.82, 2.24) is 14.9 Å². The molecular weight excluding hydrogens is 394 g/mol. The molecule has 1 aromatic heterocycles. The van der Waals surface area contributed by atoms with Crippen LogP contribution in [0.15, 0.2) is 110 Å². The van der Waals surface area contributed by atoms with Crippen LogP contribution in [0.5, 0.6) is 0 Å². The van der Waals surface area contributed by atoms with Gasteiger partial charge in [-0.15, -0.1) is 0 Å². The van der Waals surface area contributed by atoms with Gasteiger partial charge >= 0.3 is 0 Å². The fourth-order valence-corrected chi connectivity index (χ4v) is 4.28. The Morgan fingerprint density at radius 2 is 1.34 bits per heavy atom. The van der Waals surface area contributed by atoms with E-state index in [2.05, 4.69) is 60.5 Å². The molecular formula is C28H29N3O. The van der Waals surface area contributed by atoms with Gasteiger partial charge in [0.2, 0.25) is 5.91 Å². The summed E-state index contributed by atoms with van der Waals surface area (Å²) in [5.41, 5.74) is 2.56. The number of nitrogens with zero attached hydrogens (tertiary/aromatic N) is 2. The van der Waals surface area contributed by atoms with Crippen molar-refractivity contribution in [2.75, 3.05) is 0 Å². The number of rotatable bonds is 8. The summed E-state index contributed by atoms with van der Waals surface area (Å²) in [5.74, 6) is 0.101. The summed E-state index contributed by atoms with van der Waals surface area (Å²) >= 11 is 0. The zero-order valence-electron chi connectivity index (χ0n) is 18.6. The third-order valence-corrected chi connectivity index (χ3v) is 6.23. The first-order valence-corrected chi connectivity index (χ1v) is 11.1. The predicted molar refractivity (Wildman–Crippen MR) is 128 cm³/mol. The lowest BCUT2D eigenvalue weighted by Gasteiger charge is -2.41. The first-order valence-electron chi connectivity index (χ1n) is 11.1. The highest BCUT2D eigenvalue weighted by Crippen LogP contribution is 2.38. The zero-order chi connectivity index (χ0) is 22.4. The van der Waals surface area contributed by atoms with Gasteiger partial charge in [0.25, 0.3) is 0 Å². The Balaban J connectivity index is 1.95. The van der Waals surface area contributed by atoms with Crippen LogP contribution in [0.25, 0.3) is 0 Å². The molecule has 0 unspecified atom stereocenters. The molecule has 1 N–H and O–H groups in total. The second kappa shape index (κ2) is 9.75. The van der Waals surface area contributed by atoms with Gasteiger partial charge in [0.15, 0.2) is 0 Å². The summed E-state index contributed by atoms with van der Waals surface area (Å²) < 4.78 is 1.58. The van der Waals surface area contributed by atoms with Crippen LogP contribution >= 0.6 is 0 Å². The van der Waals surface area contributed by atoms with Crippen molar-refractivity contribution in [3.05, 3.63) is 126 Å². The minimum atomic E-state index is -0.700. The van der Waals surface area contributed by atoms with E-state index in [9.17, 15) is 4.79 Å².